The van der Waals surface area contributed by atoms with Gasteiger partial charge in [0.05, 0.1) is 11.3 Å². The number of benzene rings is 1. The van der Waals surface area contributed by atoms with Gasteiger partial charge in [-0.15, -0.1) is 11.3 Å². The van der Waals surface area contributed by atoms with Gasteiger partial charge in [-0.25, -0.2) is 14.8 Å². The van der Waals surface area contributed by atoms with E-state index in [4.69, 9.17) is 16.3 Å². The number of nitrogens with one attached hydrogen (secondary N) is 1. The van der Waals surface area contributed by atoms with Gasteiger partial charge < -0.3 is 4.74 Å². The number of hydrogen-bond donors (Lipinski definition) is 1. The zero-order valence-corrected chi connectivity index (χ0v) is 16.9. The van der Waals surface area contributed by atoms with Crippen molar-refractivity contribution in [1.82, 2.24) is 9.97 Å². The molecule has 2 heterocycles. The van der Waals surface area contributed by atoms with Gasteiger partial charge in [-0.2, -0.15) is 0 Å². The van der Waals surface area contributed by atoms with Crippen molar-refractivity contribution >= 4 is 39.9 Å². The normalized spacial score (nSPS) is 11.7. The molecule has 0 saturated carbocycles. The van der Waals surface area contributed by atoms with Crippen LogP contribution >= 0.6 is 22.9 Å². The second kappa shape index (κ2) is 8.95. The summed E-state index contributed by atoms with van der Waals surface area (Å²) in [5, 5.41) is 5.04. The van der Waals surface area contributed by atoms with Crippen molar-refractivity contribution in [2.24, 2.45) is 0 Å². The van der Waals surface area contributed by atoms with Crippen molar-refractivity contribution < 1.29 is 14.3 Å². The Kier molecular flexibility index (Phi) is 6.38. The van der Waals surface area contributed by atoms with Crippen LogP contribution in [0.2, 0.25) is 5.15 Å². The Morgan fingerprint density at radius 3 is 2.68 bits per heavy atom. The Morgan fingerprint density at radius 2 is 2.00 bits per heavy atom. The molecule has 6 nitrogen and oxygen atoms in total. The minimum atomic E-state index is -0.963. The molecule has 0 radical (unpaired) electrons. The standard InChI is InChI=1S/C20H18ClN3O3S/c1-3-16(27-19(26)14-5-4-10-22-17(14)21)18(25)24-20-23-15(11-28-20)13-8-6-12(2)7-9-13/h4-11,16H,3H2,1-2H3,(H,23,24,25). The van der Waals surface area contributed by atoms with Gasteiger partial charge in [0.2, 0.25) is 0 Å². The first kappa shape index (κ1) is 20.0. The third-order valence-corrected chi connectivity index (χ3v) is 5.03. The molecule has 8 heteroatoms. The van der Waals surface area contributed by atoms with E-state index in [2.05, 4.69) is 15.3 Å². The van der Waals surface area contributed by atoms with Crippen LogP contribution in [0, 0.1) is 6.92 Å². The van der Waals surface area contributed by atoms with Crippen molar-refractivity contribution in [2.45, 2.75) is 26.4 Å². The monoisotopic (exact) mass is 415 g/mol. The average molecular weight is 416 g/mol. The maximum absolute atomic E-state index is 12.5. The lowest BCUT2D eigenvalue weighted by Crippen LogP contribution is -2.32. The first-order chi connectivity index (χ1) is 13.5. The number of rotatable bonds is 6. The summed E-state index contributed by atoms with van der Waals surface area (Å²) in [7, 11) is 0. The molecule has 144 valence electrons. The van der Waals surface area contributed by atoms with Crippen LogP contribution in [0.1, 0.15) is 29.3 Å². The predicted octanol–water partition coefficient (Wildman–Crippen LogP) is 4.74. The third-order valence-electron chi connectivity index (χ3n) is 3.97. The van der Waals surface area contributed by atoms with Gasteiger partial charge in [-0.3, -0.25) is 10.1 Å². The zero-order valence-electron chi connectivity index (χ0n) is 15.3. The lowest BCUT2D eigenvalue weighted by molar-refractivity contribution is -0.124. The molecule has 2 aromatic heterocycles. The van der Waals surface area contributed by atoms with Gasteiger partial charge in [-0.1, -0.05) is 48.4 Å². The molecule has 0 aliphatic rings. The van der Waals surface area contributed by atoms with Gasteiger partial charge in [-0.05, 0) is 25.5 Å². The fraction of sp³-hybridized carbons (Fsp3) is 0.200. The molecule has 0 aliphatic heterocycles. The summed E-state index contributed by atoms with van der Waals surface area (Å²) in [4.78, 5) is 33.1. The summed E-state index contributed by atoms with van der Waals surface area (Å²) < 4.78 is 5.31. The lowest BCUT2D eigenvalue weighted by atomic mass is 10.1. The van der Waals surface area contributed by atoms with Crippen LogP contribution in [-0.2, 0) is 9.53 Å². The van der Waals surface area contributed by atoms with E-state index in [1.807, 2.05) is 36.6 Å². The van der Waals surface area contributed by atoms with Gasteiger partial charge >= 0.3 is 5.97 Å². The van der Waals surface area contributed by atoms with Gasteiger partial charge in [0, 0.05) is 17.1 Å². The Labute approximate surface area is 171 Å². The number of amides is 1. The van der Waals surface area contributed by atoms with Gasteiger partial charge in [0.15, 0.2) is 11.2 Å². The van der Waals surface area contributed by atoms with E-state index in [1.165, 1.54) is 23.6 Å². The van der Waals surface area contributed by atoms with E-state index >= 15 is 0 Å². The number of pyridine rings is 1. The number of thiazole rings is 1. The summed E-state index contributed by atoms with van der Waals surface area (Å²) in [5.41, 5.74) is 3.01. The first-order valence-corrected chi connectivity index (χ1v) is 9.88. The quantitative estimate of drug-likeness (QED) is 0.464. The molecule has 0 fully saturated rings. The Hall–Kier alpha value is -2.77. The SMILES string of the molecule is CCC(OC(=O)c1cccnc1Cl)C(=O)Nc1nc(-c2ccc(C)cc2)cs1. The van der Waals surface area contributed by atoms with Crippen LogP contribution in [0.4, 0.5) is 5.13 Å². The molecule has 0 bridgehead atoms. The molecule has 1 N–H and O–H groups in total. The van der Waals surface area contributed by atoms with Crippen molar-refractivity contribution in [3.63, 3.8) is 0 Å². The number of aromatic nitrogens is 2. The number of esters is 1. The van der Waals surface area contributed by atoms with E-state index in [0.29, 0.717) is 11.6 Å². The maximum atomic E-state index is 12.5. The minimum Gasteiger partial charge on any atom is -0.449 e. The molecule has 1 atom stereocenters. The Bertz CT molecular complexity index is 988. The molecule has 0 aliphatic carbocycles. The van der Waals surface area contributed by atoms with E-state index in [1.54, 1.807) is 13.0 Å². The number of hydrogen-bond acceptors (Lipinski definition) is 6. The number of carbonyl (C=O) groups is 2. The van der Waals surface area contributed by atoms with E-state index in [0.717, 1.165) is 16.8 Å². The number of carbonyl (C=O) groups excluding carboxylic acids is 2. The average Bonchev–Trinajstić information content (AvgIpc) is 3.15. The summed E-state index contributed by atoms with van der Waals surface area (Å²) >= 11 is 7.21. The van der Waals surface area contributed by atoms with Gasteiger partial charge in [0.1, 0.15) is 5.15 Å². The minimum absolute atomic E-state index is 0.0328. The second-order valence-corrected chi connectivity index (χ2v) is 7.25. The van der Waals surface area contributed by atoms with Crippen LogP contribution in [0.5, 0.6) is 0 Å². The highest BCUT2D eigenvalue weighted by Gasteiger charge is 2.24. The smallest absolute Gasteiger partial charge is 0.342 e. The molecule has 0 spiro atoms. The molecule has 1 unspecified atom stereocenters. The van der Waals surface area contributed by atoms with Crippen LogP contribution in [0.3, 0.4) is 0 Å². The summed E-state index contributed by atoms with van der Waals surface area (Å²) in [5.74, 6) is -1.14. The molecule has 0 saturated heterocycles. The number of aryl methyl sites for hydroxylation is 1. The largest absolute Gasteiger partial charge is 0.449 e. The van der Waals surface area contributed by atoms with E-state index in [-0.39, 0.29) is 10.7 Å². The molecule has 3 aromatic rings. The van der Waals surface area contributed by atoms with E-state index in [9.17, 15) is 9.59 Å². The van der Waals surface area contributed by atoms with Crippen LogP contribution in [-0.4, -0.2) is 27.9 Å². The fourth-order valence-electron chi connectivity index (χ4n) is 2.43. The van der Waals surface area contributed by atoms with Gasteiger partial charge in [0.25, 0.3) is 5.91 Å². The van der Waals surface area contributed by atoms with E-state index < -0.39 is 18.0 Å². The molecule has 1 amide bonds. The van der Waals surface area contributed by atoms with Crippen LogP contribution in [0.25, 0.3) is 11.3 Å². The van der Waals surface area contributed by atoms with Crippen molar-refractivity contribution in [2.75, 3.05) is 5.32 Å². The number of ether oxygens (including phenoxy) is 1. The molecule has 1 aromatic carbocycles. The fourth-order valence-corrected chi connectivity index (χ4v) is 3.35. The summed E-state index contributed by atoms with van der Waals surface area (Å²) in [6.45, 7) is 3.77. The highest BCUT2D eigenvalue weighted by molar-refractivity contribution is 7.14. The molecule has 28 heavy (non-hydrogen) atoms. The maximum Gasteiger partial charge on any atom is 0.342 e. The number of halogens is 1. The summed E-state index contributed by atoms with van der Waals surface area (Å²) in [6, 6.07) is 11.0. The lowest BCUT2D eigenvalue weighted by Gasteiger charge is -2.15. The topological polar surface area (TPSA) is 81.2 Å². The second-order valence-electron chi connectivity index (χ2n) is 6.04. The predicted molar refractivity (Wildman–Crippen MR) is 110 cm³/mol. The van der Waals surface area contributed by atoms with Crippen LogP contribution in [0.15, 0.2) is 48.0 Å². The molecular weight excluding hydrogens is 398 g/mol. The Balaban J connectivity index is 1.66. The first-order valence-electron chi connectivity index (χ1n) is 8.63. The van der Waals surface area contributed by atoms with Crippen molar-refractivity contribution in [3.05, 3.63) is 64.3 Å². The number of nitrogens with zero attached hydrogens (tertiary/aromatic N) is 2. The van der Waals surface area contributed by atoms with Crippen molar-refractivity contribution in [3.8, 4) is 11.3 Å². The zero-order chi connectivity index (χ0) is 20.1. The third kappa shape index (κ3) is 4.74. The van der Waals surface area contributed by atoms with Crippen molar-refractivity contribution in [1.29, 1.82) is 0 Å². The highest BCUT2D eigenvalue weighted by Crippen LogP contribution is 2.25. The summed E-state index contributed by atoms with van der Waals surface area (Å²) in [6.07, 6.45) is 0.818. The highest BCUT2D eigenvalue weighted by atomic mass is 35.5. The molecule has 3 rings (SSSR count). The number of anilines is 1. The molecular formula is C20H18ClN3O3S. The Morgan fingerprint density at radius 1 is 1.25 bits per heavy atom. The van der Waals surface area contributed by atoms with Crippen LogP contribution < -0.4 is 5.32 Å².